The largest absolute Gasteiger partial charge is 0.480 e. The number of ether oxygens (including phenoxy) is 1. The van der Waals surface area contributed by atoms with Crippen molar-refractivity contribution in [1.82, 2.24) is 14.5 Å². The summed E-state index contributed by atoms with van der Waals surface area (Å²) in [7, 11) is -0.596. The van der Waals surface area contributed by atoms with Crippen molar-refractivity contribution >= 4 is 16.0 Å². The van der Waals surface area contributed by atoms with E-state index in [1.807, 2.05) is 0 Å². The lowest BCUT2D eigenvalue weighted by atomic mass is 10.2. The SMILES string of the molecule is COCCCS(=O)(=O)NC(C(=O)O)c1cnn(C)c1. The van der Waals surface area contributed by atoms with Gasteiger partial charge < -0.3 is 9.84 Å². The van der Waals surface area contributed by atoms with Crippen molar-refractivity contribution in [3.63, 3.8) is 0 Å². The molecule has 1 aromatic heterocycles. The number of aromatic nitrogens is 2. The monoisotopic (exact) mass is 291 g/mol. The minimum Gasteiger partial charge on any atom is -0.480 e. The van der Waals surface area contributed by atoms with Gasteiger partial charge in [0.15, 0.2) is 0 Å². The summed E-state index contributed by atoms with van der Waals surface area (Å²) in [6, 6.07) is -1.33. The van der Waals surface area contributed by atoms with E-state index in [2.05, 4.69) is 9.82 Å². The van der Waals surface area contributed by atoms with E-state index in [1.165, 1.54) is 24.2 Å². The molecule has 9 heteroatoms. The van der Waals surface area contributed by atoms with Crippen LogP contribution in [-0.2, 0) is 26.6 Å². The van der Waals surface area contributed by atoms with E-state index < -0.39 is 22.0 Å². The van der Waals surface area contributed by atoms with Crippen molar-refractivity contribution in [2.24, 2.45) is 7.05 Å². The molecule has 0 spiro atoms. The Kier molecular flexibility index (Phi) is 5.45. The Morgan fingerprint density at radius 3 is 2.79 bits per heavy atom. The van der Waals surface area contributed by atoms with Gasteiger partial charge in [0.1, 0.15) is 6.04 Å². The number of rotatable bonds is 8. The zero-order chi connectivity index (χ0) is 14.5. The van der Waals surface area contributed by atoms with Crippen LogP contribution in [0, 0.1) is 0 Å². The number of hydrogen-bond acceptors (Lipinski definition) is 5. The molecule has 1 rings (SSSR count). The summed E-state index contributed by atoms with van der Waals surface area (Å²) in [5.41, 5.74) is 0.283. The maximum Gasteiger partial charge on any atom is 0.326 e. The summed E-state index contributed by atoms with van der Waals surface area (Å²) in [6.07, 6.45) is 3.07. The number of sulfonamides is 1. The molecular formula is C10H17N3O5S. The van der Waals surface area contributed by atoms with Crippen molar-refractivity contribution in [3.05, 3.63) is 18.0 Å². The Morgan fingerprint density at radius 1 is 1.63 bits per heavy atom. The van der Waals surface area contributed by atoms with Gasteiger partial charge in [-0.3, -0.25) is 9.48 Å². The highest BCUT2D eigenvalue weighted by Crippen LogP contribution is 2.13. The first-order valence-electron chi connectivity index (χ1n) is 5.56. The van der Waals surface area contributed by atoms with Gasteiger partial charge in [-0.05, 0) is 6.42 Å². The number of hydrogen-bond donors (Lipinski definition) is 2. The van der Waals surface area contributed by atoms with Crippen molar-refractivity contribution in [3.8, 4) is 0 Å². The van der Waals surface area contributed by atoms with Crippen LogP contribution in [0.25, 0.3) is 0 Å². The summed E-state index contributed by atoms with van der Waals surface area (Å²) < 4.78 is 31.8. The maximum absolute atomic E-state index is 11.7. The average molecular weight is 291 g/mol. The number of carbonyl (C=O) groups is 1. The Morgan fingerprint density at radius 2 is 2.32 bits per heavy atom. The number of nitrogens with zero attached hydrogens (tertiary/aromatic N) is 2. The third-order valence-corrected chi connectivity index (χ3v) is 3.79. The summed E-state index contributed by atoms with van der Waals surface area (Å²) in [6.45, 7) is 0.297. The van der Waals surface area contributed by atoms with Crippen LogP contribution in [0.1, 0.15) is 18.0 Å². The predicted molar refractivity (Wildman–Crippen MR) is 67.0 cm³/mol. The Labute approximate surface area is 111 Å². The fourth-order valence-corrected chi connectivity index (χ4v) is 2.69. The van der Waals surface area contributed by atoms with E-state index in [0.29, 0.717) is 13.0 Å². The third kappa shape index (κ3) is 4.97. The van der Waals surface area contributed by atoms with Gasteiger partial charge in [0.25, 0.3) is 0 Å². The van der Waals surface area contributed by atoms with Crippen LogP contribution in [0.5, 0.6) is 0 Å². The topological polar surface area (TPSA) is 111 Å². The van der Waals surface area contributed by atoms with E-state index in [1.54, 1.807) is 7.05 Å². The van der Waals surface area contributed by atoms with E-state index in [0.717, 1.165) is 0 Å². The highest BCUT2D eigenvalue weighted by atomic mass is 32.2. The molecule has 1 heterocycles. The first kappa shape index (κ1) is 15.6. The summed E-state index contributed by atoms with van der Waals surface area (Å²) >= 11 is 0. The average Bonchev–Trinajstić information content (AvgIpc) is 2.72. The molecule has 1 unspecified atom stereocenters. The molecule has 0 saturated heterocycles. The Hall–Kier alpha value is -1.45. The van der Waals surface area contributed by atoms with Crippen LogP contribution in [-0.4, -0.2) is 48.7 Å². The van der Waals surface area contributed by atoms with Gasteiger partial charge >= 0.3 is 5.97 Å². The fourth-order valence-electron chi connectivity index (χ4n) is 1.48. The number of aryl methyl sites for hydroxylation is 1. The van der Waals surface area contributed by atoms with Gasteiger partial charge in [0.2, 0.25) is 10.0 Å². The van der Waals surface area contributed by atoms with Gasteiger partial charge in [-0.2, -0.15) is 9.82 Å². The first-order valence-corrected chi connectivity index (χ1v) is 7.21. The third-order valence-electron chi connectivity index (χ3n) is 2.36. The predicted octanol–water partition coefficient (Wildman–Crippen LogP) is -0.498. The molecule has 0 saturated carbocycles. The molecule has 0 amide bonds. The zero-order valence-corrected chi connectivity index (χ0v) is 11.6. The molecule has 0 aliphatic carbocycles. The highest BCUT2D eigenvalue weighted by molar-refractivity contribution is 7.89. The number of nitrogens with one attached hydrogen (secondary N) is 1. The van der Waals surface area contributed by atoms with Crippen molar-refractivity contribution in [1.29, 1.82) is 0 Å². The zero-order valence-electron chi connectivity index (χ0n) is 10.7. The van der Waals surface area contributed by atoms with Crippen molar-refractivity contribution in [2.75, 3.05) is 19.5 Å². The lowest BCUT2D eigenvalue weighted by Crippen LogP contribution is -2.35. The van der Waals surface area contributed by atoms with Gasteiger partial charge in [-0.15, -0.1) is 0 Å². The molecule has 0 aromatic carbocycles. The molecule has 0 aliphatic heterocycles. The number of aliphatic carboxylic acids is 1. The van der Waals surface area contributed by atoms with E-state index in [9.17, 15) is 13.2 Å². The molecule has 1 atom stereocenters. The van der Waals surface area contributed by atoms with Gasteiger partial charge in [0, 0.05) is 32.5 Å². The second-order valence-electron chi connectivity index (χ2n) is 4.00. The number of carboxylic acid groups (broad SMARTS) is 1. The van der Waals surface area contributed by atoms with E-state index >= 15 is 0 Å². The Bertz CT molecular complexity index is 525. The normalized spacial score (nSPS) is 13.4. The molecule has 19 heavy (non-hydrogen) atoms. The summed E-state index contributed by atoms with van der Waals surface area (Å²) in [4.78, 5) is 11.1. The molecule has 8 nitrogen and oxygen atoms in total. The molecule has 1 aromatic rings. The lowest BCUT2D eigenvalue weighted by Gasteiger charge is -2.13. The summed E-state index contributed by atoms with van der Waals surface area (Å²) in [5.74, 6) is -1.46. The molecule has 0 radical (unpaired) electrons. The van der Waals surface area contributed by atoms with Crippen LogP contribution in [0.3, 0.4) is 0 Å². The van der Waals surface area contributed by atoms with Crippen molar-refractivity contribution in [2.45, 2.75) is 12.5 Å². The summed E-state index contributed by atoms with van der Waals surface area (Å²) in [5, 5.41) is 12.9. The molecule has 0 aliphatic rings. The van der Waals surface area contributed by atoms with Gasteiger partial charge in [-0.1, -0.05) is 0 Å². The number of carboxylic acids is 1. The van der Waals surface area contributed by atoms with Crippen molar-refractivity contribution < 1.29 is 23.1 Å². The highest BCUT2D eigenvalue weighted by Gasteiger charge is 2.26. The molecule has 0 fully saturated rings. The smallest absolute Gasteiger partial charge is 0.326 e. The van der Waals surface area contributed by atoms with Crippen LogP contribution < -0.4 is 4.72 Å². The second-order valence-corrected chi connectivity index (χ2v) is 5.88. The standard InChI is InChI=1S/C10H17N3O5S/c1-13-7-8(6-11-13)9(10(14)15)12-19(16,17)5-3-4-18-2/h6-7,9,12H,3-5H2,1-2H3,(H,14,15). The van der Waals surface area contributed by atoms with E-state index in [-0.39, 0.29) is 11.3 Å². The fraction of sp³-hybridized carbons (Fsp3) is 0.600. The van der Waals surface area contributed by atoms with Crippen LogP contribution in [0.15, 0.2) is 12.4 Å². The molecule has 108 valence electrons. The molecular weight excluding hydrogens is 274 g/mol. The number of methoxy groups -OCH3 is 1. The quantitative estimate of drug-likeness (QED) is 0.625. The lowest BCUT2D eigenvalue weighted by molar-refractivity contribution is -0.139. The van der Waals surface area contributed by atoms with Gasteiger partial charge in [-0.25, -0.2) is 8.42 Å². The molecule has 0 bridgehead atoms. The van der Waals surface area contributed by atoms with Crippen LogP contribution in [0.4, 0.5) is 0 Å². The van der Waals surface area contributed by atoms with Crippen LogP contribution in [0.2, 0.25) is 0 Å². The van der Waals surface area contributed by atoms with Gasteiger partial charge in [0.05, 0.1) is 11.9 Å². The van der Waals surface area contributed by atoms with Crippen LogP contribution >= 0.6 is 0 Å². The first-order chi connectivity index (χ1) is 8.85. The Balaban J connectivity index is 2.77. The minimum absolute atomic E-state index is 0.190. The second kappa shape index (κ2) is 6.64. The maximum atomic E-state index is 11.7. The van der Waals surface area contributed by atoms with E-state index in [4.69, 9.17) is 9.84 Å². The molecule has 2 N–H and O–H groups in total. The minimum atomic E-state index is -3.68.